The summed E-state index contributed by atoms with van der Waals surface area (Å²) in [4.78, 5) is 0. The third-order valence-corrected chi connectivity index (χ3v) is 2.69. The fourth-order valence-electron chi connectivity index (χ4n) is 1.77. The van der Waals surface area contributed by atoms with Gasteiger partial charge in [0, 0.05) is 19.8 Å². The first kappa shape index (κ1) is 14.7. The Hall–Kier alpha value is -1.34. The van der Waals surface area contributed by atoms with Crippen molar-refractivity contribution in [2.45, 2.75) is 12.3 Å². The van der Waals surface area contributed by atoms with Crippen molar-refractivity contribution in [2.75, 3.05) is 28.4 Å². The zero-order valence-corrected chi connectivity index (χ0v) is 11.1. The number of hydrogen-bond donors (Lipinski definition) is 2. The first-order valence-electron chi connectivity index (χ1n) is 5.45. The molecule has 0 aliphatic rings. The SMILES string of the molecule is COc1ccc(OC)c(C(NN)C(OC)OC)c1. The van der Waals surface area contributed by atoms with Crippen LogP contribution in [0.3, 0.4) is 0 Å². The highest BCUT2D eigenvalue weighted by Gasteiger charge is 2.25. The maximum absolute atomic E-state index is 5.57. The van der Waals surface area contributed by atoms with Gasteiger partial charge in [0.25, 0.3) is 0 Å². The molecule has 0 aliphatic heterocycles. The summed E-state index contributed by atoms with van der Waals surface area (Å²) in [7, 11) is 6.28. The van der Waals surface area contributed by atoms with Crippen LogP contribution in [0, 0.1) is 0 Å². The highest BCUT2D eigenvalue weighted by molar-refractivity contribution is 5.42. The monoisotopic (exact) mass is 256 g/mol. The molecule has 1 unspecified atom stereocenters. The van der Waals surface area contributed by atoms with E-state index in [2.05, 4.69) is 5.43 Å². The molecule has 0 fully saturated rings. The molecule has 1 rings (SSSR count). The molecule has 18 heavy (non-hydrogen) atoms. The van der Waals surface area contributed by atoms with Gasteiger partial charge in [-0.3, -0.25) is 5.84 Å². The van der Waals surface area contributed by atoms with Crippen LogP contribution in [0.25, 0.3) is 0 Å². The normalized spacial score (nSPS) is 12.6. The Bertz CT molecular complexity index is 369. The molecule has 0 heterocycles. The van der Waals surface area contributed by atoms with Crippen LogP contribution in [-0.4, -0.2) is 34.7 Å². The van der Waals surface area contributed by atoms with Crippen LogP contribution in [0.5, 0.6) is 11.5 Å². The zero-order valence-electron chi connectivity index (χ0n) is 11.1. The number of methoxy groups -OCH3 is 4. The van der Waals surface area contributed by atoms with Crippen molar-refractivity contribution in [2.24, 2.45) is 5.84 Å². The van der Waals surface area contributed by atoms with Gasteiger partial charge in [0.2, 0.25) is 0 Å². The number of hydrogen-bond acceptors (Lipinski definition) is 6. The average Bonchev–Trinajstić information content (AvgIpc) is 2.43. The average molecular weight is 256 g/mol. The summed E-state index contributed by atoms with van der Waals surface area (Å²) in [6, 6.07) is 5.07. The first-order valence-corrected chi connectivity index (χ1v) is 5.45. The maximum atomic E-state index is 5.57. The summed E-state index contributed by atoms with van der Waals surface area (Å²) in [5.41, 5.74) is 3.46. The number of nitrogens with two attached hydrogens (primary N) is 1. The molecule has 6 nitrogen and oxygen atoms in total. The molecular weight excluding hydrogens is 236 g/mol. The van der Waals surface area contributed by atoms with Crippen molar-refractivity contribution < 1.29 is 18.9 Å². The van der Waals surface area contributed by atoms with Crippen LogP contribution in [-0.2, 0) is 9.47 Å². The summed E-state index contributed by atoms with van der Waals surface area (Å²) in [6.07, 6.45) is -0.531. The van der Waals surface area contributed by atoms with Gasteiger partial charge < -0.3 is 18.9 Å². The quantitative estimate of drug-likeness (QED) is 0.427. The van der Waals surface area contributed by atoms with Crippen LogP contribution in [0.15, 0.2) is 18.2 Å². The zero-order chi connectivity index (χ0) is 13.5. The fourth-order valence-corrected chi connectivity index (χ4v) is 1.77. The van der Waals surface area contributed by atoms with Crippen molar-refractivity contribution in [3.63, 3.8) is 0 Å². The van der Waals surface area contributed by atoms with Crippen molar-refractivity contribution in [1.82, 2.24) is 5.43 Å². The third-order valence-electron chi connectivity index (χ3n) is 2.69. The molecule has 102 valence electrons. The van der Waals surface area contributed by atoms with E-state index in [9.17, 15) is 0 Å². The summed E-state index contributed by atoms with van der Waals surface area (Å²) in [5, 5.41) is 0. The predicted molar refractivity (Wildman–Crippen MR) is 67.4 cm³/mol. The minimum atomic E-state index is -0.531. The fraction of sp³-hybridized carbons (Fsp3) is 0.500. The van der Waals surface area contributed by atoms with Gasteiger partial charge in [0.15, 0.2) is 6.29 Å². The largest absolute Gasteiger partial charge is 0.497 e. The summed E-state index contributed by atoms with van der Waals surface area (Å²) in [6.45, 7) is 0. The van der Waals surface area contributed by atoms with Gasteiger partial charge in [-0.05, 0) is 18.2 Å². The Morgan fingerprint density at radius 3 is 2.17 bits per heavy atom. The molecule has 0 saturated heterocycles. The van der Waals surface area contributed by atoms with Crippen molar-refractivity contribution in [3.8, 4) is 11.5 Å². The third kappa shape index (κ3) is 3.11. The van der Waals surface area contributed by atoms with E-state index in [-0.39, 0.29) is 6.04 Å². The second kappa shape index (κ2) is 7.17. The molecule has 1 atom stereocenters. The van der Waals surface area contributed by atoms with Crippen LogP contribution in [0.2, 0.25) is 0 Å². The molecular formula is C12H20N2O4. The Balaban J connectivity index is 3.16. The van der Waals surface area contributed by atoms with Crippen molar-refractivity contribution >= 4 is 0 Å². The summed E-state index contributed by atoms with van der Waals surface area (Å²) >= 11 is 0. The van der Waals surface area contributed by atoms with Gasteiger partial charge in [-0.2, -0.15) is 0 Å². The summed E-state index contributed by atoms with van der Waals surface area (Å²) in [5.74, 6) is 6.95. The number of nitrogens with one attached hydrogen (secondary N) is 1. The number of benzene rings is 1. The van der Waals surface area contributed by atoms with Crippen molar-refractivity contribution in [3.05, 3.63) is 23.8 Å². The minimum absolute atomic E-state index is 0.370. The Labute approximate surface area is 107 Å². The van der Waals surface area contributed by atoms with Gasteiger partial charge in [0.1, 0.15) is 17.5 Å². The van der Waals surface area contributed by atoms with Gasteiger partial charge in [-0.25, -0.2) is 5.43 Å². The van der Waals surface area contributed by atoms with E-state index in [0.717, 1.165) is 5.56 Å². The molecule has 1 aromatic rings. The van der Waals surface area contributed by atoms with E-state index < -0.39 is 6.29 Å². The maximum Gasteiger partial charge on any atom is 0.177 e. The molecule has 0 radical (unpaired) electrons. The van der Waals surface area contributed by atoms with E-state index in [4.69, 9.17) is 24.8 Å². The predicted octanol–water partition coefficient (Wildman–Crippen LogP) is 0.827. The number of ether oxygens (including phenoxy) is 4. The van der Waals surface area contributed by atoms with Gasteiger partial charge in [-0.15, -0.1) is 0 Å². The van der Waals surface area contributed by atoms with E-state index in [1.165, 1.54) is 0 Å². The topological polar surface area (TPSA) is 75.0 Å². The molecule has 3 N–H and O–H groups in total. The first-order chi connectivity index (χ1) is 8.71. The Kier molecular flexibility index (Phi) is 5.87. The minimum Gasteiger partial charge on any atom is -0.497 e. The second-order valence-corrected chi connectivity index (χ2v) is 3.59. The lowest BCUT2D eigenvalue weighted by Crippen LogP contribution is -2.38. The van der Waals surface area contributed by atoms with E-state index in [1.54, 1.807) is 34.5 Å². The smallest absolute Gasteiger partial charge is 0.177 e. The lowest BCUT2D eigenvalue weighted by molar-refractivity contribution is -0.124. The standard InChI is InChI=1S/C12H20N2O4/c1-15-8-5-6-10(16-2)9(7-8)11(14-13)12(17-3)18-4/h5-7,11-12,14H,13H2,1-4H3. The molecule has 0 amide bonds. The van der Waals surface area contributed by atoms with E-state index in [0.29, 0.717) is 11.5 Å². The van der Waals surface area contributed by atoms with E-state index in [1.807, 2.05) is 12.1 Å². The Morgan fingerprint density at radius 2 is 1.72 bits per heavy atom. The molecule has 0 aliphatic carbocycles. The van der Waals surface area contributed by atoms with Gasteiger partial charge in [0.05, 0.1) is 14.2 Å². The lowest BCUT2D eigenvalue weighted by Gasteiger charge is -2.26. The lowest BCUT2D eigenvalue weighted by atomic mass is 10.1. The van der Waals surface area contributed by atoms with Gasteiger partial charge in [-0.1, -0.05) is 0 Å². The Morgan fingerprint density at radius 1 is 1.06 bits per heavy atom. The molecule has 0 spiro atoms. The molecule has 0 saturated carbocycles. The molecule has 0 bridgehead atoms. The molecule has 0 aromatic heterocycles. The van der Waals surface area contributed by atoms with Gasteiger partial charge >= 0.3 is 0 Å². The highest BCUT2D eigenvalue weighted by Crippen LogP contribution is 2.31. The van der Waals surface area contributed by atoms with Crippen LogP contribution in [0.4, 0.5) is 0 Å². The van der Waals surface area contributed by atoms with Crippen LogP contribution >= 0.6 is 0 Å². The van der Waals surface area contributed by atoms with E-state index >= 15 is 0 Å². The molecule has 6 heteroatoms. The number of hydrazine groups is 1. The number of rotatable bonds is 7. The van der Waals surface area contributed by atoms with Crippen LogP contribution in [0.1, 0.15) is 11.6 Å². The van der Waals surface area contributed by atoms with Crippen molar-refractivity contribution in [1.29, 1.82) is 0 Å². The highest BCUT2D eigenvalue weighted by atomic mass is 16.7. The summed E-state index contributed by atoms with van der Waals surface area (Å²) < 4.78 is 20.9. The van der Waals surface area contributed by atoms with Crippen LogP contribution < -0.4 is 20.7 Å². The molecule has 1 aromatic carbocycles. The second-order valence-electron chi connectivity index (χ2n) is 3.59.